The lowest BCUT2D eigenvalue weighted by atomic mass is 9.52. The number of carbonyl (C=O) groups is 2. The van der Waals surface area contributed by atoms with Crippen LogP contribution in [0.5, 0.6) is 0 Å². The van der Waals surface area contributed by atoms with Crippen molar-refractivity contribution in [2.24, 2.45) is 17.8 Å². The average Bonchev–Trinajstić information content (AvgIpc) is 2.77. The van der Waals surface area contributed by atoms with Crippen LogP contribution in [-0.2, 0) is 4.79 Å². The van der Waals surface area contributed by atoms with Gasteiger partial charge in [0, 0.05) is 12.5 Å². The Bertz CT molecular complexity index is 568. The number of nitrogens with one attached hydrogen (secondary N) is 1. The van der Waals surface area contributed by atoms with Gasteiger partial charge in [-0.1, -0.05) is 0 Å². The molecule has 3 atom stereocenters. The van der Waals surface area contributed by atoms with E-state index in [9.17, 15) is 28.6 Å². The predicted molar refractivity (Wildman–Crippen MR) is 75.9 cm³/mol. The maximum Gasteiger partial charge on any atom is 0.267 e. The van der Waals surface area contributed by atoms with Gasteiger partial charge in [-0.2, -0.15) is 0 Å². The molecule has 134 valence electrons. The van der Waals surface area contributed by atoms with E-state index in [1.165, 1.54) is 0 Å². The number of hydrogen-bond donors (Lipinski definition) is 2. The fourth-order valence-electron chi connectivity index (χ4n) is 5.72. The van der Waals surface area contributed by atoms with Crippen LogP contribution in [0.25, 0.3) is 0 Å². The normalized spacial score (nSPS) is 45.5. The molecule has 1 heterocycles. The first kappa shape index (κ1) is 16.1. The first-order chi connectivity index (χ1) is 11.2. The van der Waals surface area contributed by atoms with Crippen molar-refractivity contribution in [3.8, 4) is 0 Å². The molecule has 2 amide bonds. The Balaban J connectivity index is 1.48. The standard InChI is InChI=1S/C16H22F2N2O4/c17-16(18)6-11(20(7-16)14(22)23)13(21)19-12-9-1-8-2-10(12)5-15(24,3-8)4-9/h8-12,24H,1-7H2,(H,19,21)(H,22,23)/p-1/t8?,9?,10?,11-,12?,15?/m0/s1. The number of alkyl halides is 2. The first-order valence-electron chi connectivity index (χ1n) is 8.54. The largest absolute Gasteiger partial charge is 0.530 e. The van der Waals surface area contributed by atoms with Crippen LogP contribution in [-0.4, -0.2) is 52.2 Å². The summed E-state index contributed by atoms with van der Waals surface area (Å²) >= 11 is 0. The van der Waals surface area contributed by atoms with Crippen LogP contribution >= 0.6 is 0 Å². The van der Waals surface area contributed by atoms with Crippen LogP contribution in [0.1, 0.15) is 38.5 Å². The van der Waals surface area contributed by atoms with E-state index >= 15 is 0 Å². The highest BCUT2D eigenvalue weighted by Gasteiger charge is 2.56. The number of halogens is 2. The molecule has 4 bridgehead atoms. The second-order valence-corrected chi connectivity index (χ2v) is 8.20. The Morgan fingerprint density at radius 2 is 1.75 bits per heavy atom. The Kier molecular flexibility index (Phi) is 3.37. The monoisotopic (exact) mass is 343 g/mol. The summed E-state index contributed by atoms with van der Waals surface area (Å²) in [5, 5.41) is 24.4. The zero-order valence-electron chi connectivity index (χ0n) is 13.2. The van der Waals surface area contributed by atoms with Gasteiger partial charge >= 0.3 is 0 Å². The molecule has 0 spiro atoms. The summed E-state index contributed by atoms with van der Waals surface area (Å²) in [5.41, 5.74) is -0.644. The lowest BCUT2D eigenvalue weighted by molar-refractivity contribution is -0.267. The van der Waals surface area contributed by atoms with Gasteiger partial charge in [0.2, 0.25) is 5.91 Å². The third-order valence-electron chi connectivity index (χ3n) is 6.36. The molecular formula is C16H21F2N2O4-. The Morgan fingerprint density at radius 1 is 1.12 bits per heavy atom. The highest BCUT2D eigenvalue weighted by Crippen LogP contribution is 2.55. The average molecular weight is 343 g/mol. The van der Waals surface area contributed by atoms with Gasteiger partial charge in [0.1, 0.15) is 12.1 Å². The molecule has 5 rings (SSSR count). The quantitative estimate of drug-likeness (QED) is 0.743. The molecule has 2 N–H and O–H groups in total. The van der Waals surface area contributed by atoms with E-state index in [0.717, 1.165) is 19.3 Å². The van der Waals surface area contributed by atoms with Gasteiger partial charge in [0.25, 0.3) is 5.92 Å². The van der Waals surface area contributed by atoms with Crippen LogP contribution in [0.3, 0.4) is 0 Å². The predicted octanol–water partition coefficient (Wildman–Crippen LogP) is 0.0951. The molecule has 4 aliphatic carbocycles. The summed E-state index contributed by atoms with van der Waals surface area (Å²) in [6.07, 6.45) is 1.36. The smallest absolute Gasteiger partial charge is 0.267 e. The van der Waals surface area contributed by atoms with Crippen molar-refractivity contribution in [3.63, 3.8) is 0 Å². The second-order valence-electron chi connectivity index (χ2n) is 8.20. The molecule has 6 nitrogen and oxygen atoms in total. The number of amides is 2. The number of rotatable bonds is 2. The van der Waals surface area contributed by atoms with Crippen molar-refractivity contribution in [1.82, 2.24) is 10.2 Å². The van der Waals surface area contributed by atoms with Crippen LogP contribution in [0.4, 0.5) is 13.6 Å². The van der Waals surface area contributed by atoms with E-state index in [4.69, 9.17) is 0 Å². The topological polar surface area (TPSA) is 92.7 Å². The highest BCUT2D eigenvalue weighted by atomic mass is 19.3. The summed E-state index contributed by atoms with van der Waals surface area (Å²) in [6, 6.07) is -1.56. The number of likely N-dealkylation sites (tertiary alicyclic amines) is 1. The number of aliphatic hydroxyl groups is 1. The minimum Gasteiger partial charge on any atom is -0.530 e. The molecule has 5 aliphatic rings. The fraction of sp³-hybridized carbons (Fsp3) is 0.875. The molecule has 2 unspecified atom stereocenters. The van der Waals surface area contributed by atoms with Gasteiger partial charge in [0.15, 0.2) is 0 Å². The van der Waals surface area contributed by atoms with Crippen molar-refractivity contribution in [3.05, 3.63) is 0 Å². The number of hydrogen-bond acceptors (Lipinski definition) is 4. The fourth-order valence-corrected chi connectivity index (χ4v) is 5.72. The summed E-state index contributed by atoms with van der Waals surface area (Å²) in [7, 11) is 0. The van der Waals surface area contributed by atoms with E-state index in [0.29, 0.717) is 23.7 Å². The van der Waals surface area contributed by atoms with Crippen molar-refractivity contribution < 1.29 is 28.6 Å². The lowest BCUT2D eigenvalue weighted by Crippen LogP contribution is -2.63. The minimum atomic E-state index is -3.21. The molecule has 5 fully saturated rings. The van der Waals surface area contributed by atoms with Crippen LogP contribution in [0, 0.1) is 17.8 Å². The summed E-state index contributed by atoms with van der Waals surface area (Å²) < 4.78 is 27.1. The van der Waals surface area contributed by atoms with Crippen LogP contribution in [0.15, 0.2) is 0 Å². The Hall–Kier alpha value is -1.44. The van der Waals surface area contributed by atoms with E-state index in [2.05, 4.69) is 5.32 Å². The molecule has 0 radical (unpaired) electrons. The van der Waals surface area contributed by atoms with Crippen LogP contribution in [0.2, 0.25) is 0 Å². The summed E-state index contributed by atoms with van der Waals surface area (Å²) in [6.45, 7) is -0.993. The molecular weight excluding hydrogens is 322 g/mol. The van der Waals surface area contributed by atoms with Gasteiger partial charge in [-0.15, -0.1) is 0 Å². The number of nitrogens with zero attached hydrogens (tertiary/aromatic N) is 1. The molecule has 4 saturated carbocycles. The zero-order chi connectivity index (χ0) is 17.3. The Labute approximate surface area is 138 Å². The van der Waals surface area contributed by atoms with E-state index in [1.807, 2.05) is 0 Å². The van der Waals surface area contributed by atoms with E-state index in [-0.39, 0.29) is 17.9 Å². The summed E-state index contributed by atoms with van der Waals surface area (Å²) in [4.78, 5) is 24.0. The van der Waals surface area contributed by atoms with E-state index < -0.39 is 42.5 Å². The van der Waals surface area contributed by atoms with Gasteiger partial charge in [-0.3, -0.25) is 4.79 Å². The highest BCUT2D eigenvalue weighted by molar-refractivity contribution is 5.86. The van der Waals surface area contributed by atoms with Crippen molar-refractivity contribution in [2.45, 2.75) is 62.1 Å². The number of carbonyl (C=O) groups excluding carboxylic acids is 2. The SMILES string of the molecule is O=C(NC1C2CC3CC1CC(O)(C3)C2)[C@@H]1CC(F)(F)CN1C(=O)[O-]. The molecule has 0 aromatic carbocycles. The molecule has 1 saturated heterocycles. The first-order valence-corrected chi connectivity index (χ1v) is 8.54. The van der Waals surface area contributed by atoms with Gasteiger partial charge < -0.3 is 25.2 Å². The van der Waals surface area contributed by atoms with Crippen LogP contribution < -0.4 is 10.4 Å². The molecule has 0 aromatic heterocycles. The van der Waals surface area contributed by atoms with Gasteiger partial charge in [0.05, 0.1) is 12.1 Å². The maximum atomic E-state index is 13.5. The van der Waals surface area contributed by atoms with Crippen molar-refractivity contribution in [1.29, 1.82) is 0 Å². The lowest BCUT2D eigenvalue weighted by Gasteiger charge is -2.58. The van der Waals surface area contributed by atoms with Gasteiger partial charge in [-0.05, 0) is 49.9 Å². The molecule has 0 aromatic rings. The minimum absolute atomic E-state index is 0.142. The van der Waals surface area contributed by atoms with Crippen molar-refractivity contribution >= 4 is 12.0 Å². The molecule has 24 heavy (non-hydrogen) atoms. The van der Waals surface area contributed by atoms with Crippen molar-refractivity contribution in [2.75, 3.05) is 6.54 Å². The molecule has 1 aliphatic heterocycles. The Morgan fingerprint density at radius 3 is 2.29 bits per heavy atom. The maximum absolute atomic E-state index is 13.5. The summed E-state index contributed by atoms with van der Waals surface area (Å²) in [5.74, 6) is -3.12. The number of carboxylic acid groups (broad SMARTS) is 1. The van der Waals surface area contributed by atoms with Gasteiger partial charge in [-0.25, -0.2) is 8.78 Å². The molecule has 8 heteroatoms. The second kappa shape index (κ2) is 5.03. The third-order valence-corrected chi connectivity index (χ3v) is 6.36. The van der Waals surface area contributed by atoms with E-state index in [1.54, 1.807) is 0 Å². The third kappa shape index (κ3) is 2.55. The zero-order valence-corrected chi connectivity index (χ0v) is 13.2.